The average molecular weight is 364 g/mol. The Balaban J connectivity index is 1.86. The first-order chi connectivity index (χ1) is 13.9. The second-order valence-corrected chi connectivity index (χ2v) is 7.17. The van der Waals surface area contributed by atoms with Gasteiger partial charge in [0.15, 0.2) is 0 Å². The minimum Gasteiger partial charge on any atom is -0.260 e. The molecule has 136 valence electrons. The van der Waals surface area contributed by atoms with Crippen molar-refractivity contribution in [2.24, 2.45) is 0 Å². The Kier molecular flexibility index (Phi) is 3.97. The maximum Gasteiger partial charge on any atom is 0.0715 e. The first kappa shape index (κ1) is 16.8. The van der Waals surface area contributed by atoms with Crippen LogP contribution < -0.4 is 0 Å². The van der Waals surface area contributed by atoms with E-state index < -0.39 is 10.8 Å². The molecule has 0 amide bonds. The zero-order chi connectivity index (χ0) is 18.9. The van der Waals surface area contributed by atoms with Crippen LogP contribution in [0.3, 0.4) is 0 Å². The molecule has 4 aromatic rings. The van der Waals surface area contributed by atoms with E-state index in [4.69, 9.17) is 19.9 Å². The number of nitrogens with zero attached hydrogens (tertiary/aromatic N) is 4. The van der Waals surface area contributed by atoms with Gasteiger partial charge >= 0.3 is 0 Å². The van der Waals surface area contributed by atoms with Gasteiger partial charge in [0, 0.05) is 24.8 Å². The monoisotopic (exact) mass is 364 g/mol. The SMILES string of the molecule is c1ccc(C2(c3ccccn3)CCC2(c2ccccn2)c2ccccn2)nc1. The summed E-state index contributed by atoms with van der Waals surface area (Å²) in [5, 5.41) is 0. The van der Waals surface area contributed by atoms with Crippen LogP contribution in [0, 0.1) is 0 Å². The minimum absolute atomic E-state index is 0.418. The fraction of sp³-hybridized carbons (Fsp3) is 0.167. The molecule has 4 aromatic heterocycles. The summed E-state index contributed by atoms with van der Waals surface area (Å²) < 4.78 is 0. The van der Waals surface area contributed by atoms with Crippen molar-refractivity contribution in [1.29, 1.82) is 0 Å². The molecule has 1 fully saturated rings. The topological polar surface area (TPSA) is 51.6 Å². The quantitative estimate of drug-likeness (QED) is 0.541. The van der Waals surface area contributed by atoms with Gasteiger partial charge in [0.2, 0.25) is 0 Å². The molecule has 0 aliphatic heterocycles. The molecule has 1 aliphatic rings. The van der Waals surface area contributed by atoms with Crippen LogP contribution in [0.1, 0.15) is 35.6 Å². The third kappa shape index (κ3) is 2.24. The van der Waals surface area contributed by atoms with E-state index in [0.717, 1.165) is 35.6 Å². The van der Waals surface area contributed by atoms with Gasteiger partial charge < -0.3 is 0 Å². The van der Waals surface area contributed by atoms with Crippen LogP contribution in [0.2, 0.25) is 0 Å². The zero-order valence-electron chi connectivity index (χ0n) is 15.4. The number of rotatable bonds is 4. The molecule has 5 rings (SSSR count). The smallest absolute Gasteiger partial charge is 0.0715 e. The van der Waals surface area contributed by atoms with Crippen molar-refractivity contribution in [3.63, 3.8) is 0 Å². The van der Waals surface area contributed by atoms with Gasteiger partial charge in [-0.05, 0) is 61.4 Å². The van der Waals surface area contributed by atoms with Gasteiger partial charge in [-0.1, -0.05) is 24.3 Å². The number of hydrogen-bond acceptors (Lipinski definition) is 4. The van der Waals surface area contributed by atoms with Crippen molar-refractivity contribution in [3.05, 3.63) is 120 Å². The Morgan fingerprint density at radius 1 is 0.429 bits per heavy atom. The third-order valence-corrected chi connectivity index (χ3v) is 6.01. The van der Waals surface area contributed by atoms with E-state index in [1.807, 2.05) is 73.3 Å². The van der Waals surface area contributed by atoms with E-state index in [2.05, 4.69) is 24.3 Å². The molecule has 0 spiro atoms. The van der Waals surface area contributed by atoms with Gasteiger partial charge in [0.25, 0.3) is 0 Å². The van der Waals surface area contributed by atoms with Crippen LogP contribution in [0.5, 0.6) is 0 Å². The van der Waals surface area contributed by atoms with Crippen molar-refractivity contribution in [3.8, 4) is 0 Å². The normalized spacial score (nSPS) is 16.9. The fourth-order valence-electron chi connectivity index (χ4n) is 4.74. The van der Waals surface area contributed by atoms with Crippen LogP contribution in [-0.4, -0.2) is 19.9 Å². The lowest BCUT2D eigenvalue weighted by Gasteiger charge is -2.58. The molecule has 0 unspecified atom stereocenters. The highest BCUT2D eigenvalue weighted by atomic mass is 14.9. The summed E-state index contributed by atoms with van der Waals surface area (Å²) in [6.07, 6.45) is 9.32. The summed E-state index contributed by atoms with van der Waals surface area (Å²) in [6, 6.07) is 24.4. The maximum absolute atomic E-state index is 4.80. The third-order valence-electron chi connectivity index (χ3n) is 6.01. The van der Waals surface area contributed by atoms with Crippen LogP contribution in [0.25, 0.3) is 0 Å². The standard InChI is InChI=1S/C24H20N4/c1-5-15-25-19(9-1)23(20-10-2-6-16-26-20)13-14-24(23,21-11-3-7-17-27-21)22-12-4-8-18-28-22/h1-12,15-18H,13-14H2. The summed E-state index contributed by atoms with van der Waals surface area (Å²) in [7, 11) is 0. The largest absolute Gasteiger partial charge is 0.260 e. The second-order valence-electron chi connectivity index (χ2n) is 7.17. The summed E-state index contributed by atoms with van der Waals surface area (Å²) in [6.45, 7) is 0. The van der Waals surface area contributed by atoms with Crippen molar-refractivity contribution < 1.29 is 0 Å². The molecule has 4 heterocycles. The van der Waals surface area contributed by atoms with Crippen molar-refractivity contribution in [1.82, 2.24) is 19.9 Å². The molecule has 4 heteroatoms. The summed E-state index contributed by atoms with van der Waals surface area (Å²) in [5.41, 5.74) is 3.20. The van der Waals surface area contributed by atoms with Crippen LogP contribution >= 0.6 is 0 Å². The molecular formula is C24H20N4. The van der Waals surface area contributed by atoms with Crippen LogP contribution in [-0.2, 0) is 10.8 Å². The Morgan fingerprint density at radius 2 is 0.714 bits per heavy atom. The van der Waals surface area contributed by atoms with Gasteiger partial charge in [-0.25, -0.2) is 0 Å². The lowest BCUT2D eigenvalue weighted by Crippen LogP contribution is -2.60. The molecule has 0 atom stereocenters. The summed E-state index contributed by atoms with van der Waals surface area (Å²) >= 11 is 0. The highest BCUT2D eigenvalue weighted by Crippen LogP contribution is 2.63. The highest BCUT2D eigenvalue weighted by Gasteiger charge is 2.65. The molecule has 28 heavy (non-hydrogen) atoms. The Labute approximate surface area is 164 Å². The van der Waals surface area contributed by atoms with E-state index >= 15 is 0 Å². The van der Waals surface area contributed by atoms with Crippen LogP contribution in [0.15, 0.2) is 97.6 Å². The van der Waals surface area contributed by atoms with Crippen molar-refractivity contribution >= 4 is 0 Å². The van der Waals surface area contributed by atoms with E-state index in [1.165, 1.54) is 0 Å². The van der Waals surface area contributed by atoms with E-state index in [-0.39, 0.29) is 0 Å². The van der Waals surface area contributed by atoms with Crippen LogP contribution in [0.4, 0.5) is 0 Å². The molecule has 0 saturated heterocycles. The number of aromatic nitrogens is 4. The van der Waals surface area contributed by atoms with Crippen molar-refractivity contribution in [2.45, 2.75) is 23.7 Å². The fourth-order valence-corrected chi connectivity index (χ4v) is 4.74. The molecule has 0 bridgehead atoms. The number of pyridine rings is 4. The van der Waals surface area contributed by atoms with Gasteiger partial charge in [-0.3, -0.25) is 19.9 Å². The average Bonchev–Trinajstić information content (AvgIpc) is 2.77. The molecule has 0 aromatic carbocycles. The molecule has 0 N–H and O–H groups in total. The van der Waals surface area contributed by atoms with Crippen molar-refractivity contribution in [2.75, 3.05) is 0 Å². The van der Waals surface area contributed by atoms with E-state index in [1.54, 1.807) is 0 Å². The number of hydrogen-bond donors (Lipinski definition) is 0. The molecule has 1 saturated carbocycles. The van der Waals surface area contributed by atoms with Gasteiger partial charge in [0.05, 0.1) is 33.6 Å². The Morgan fingerprint density at radius 3 is 0.893 bits per heavy atom. The van der Waals surface area contributed by atoms with Gasteiger partial charge in [-0.15, -0.1) is 0 Å². The first-order valence-corrected chi connectivity index (χ1v) is 9.54. The predicted molar refractivity (Wildman–Crippen MR) is 108 cm³/mol. The molecule has 4 nitrogen and oxygen atoms in total. The molecule has 0 radical (unpaired) electrons. The molecular weight excluding hydrogens is 344 g/mol. The summed E-state index contributed by atoms with van der Waals surface area (Å²) in [4.78, 5) is 19.2. The Hall–Kier alpha value is -3.40. The lowest BCUT2D eigenvalue weighted by atomic mass is 9.44. The minimum atomic E-state index is -0.418. The Bertz CT molecular complexity index is 883. The summed E-state index contributed by atoms with van der Waals surface area (Å²) in [5.74, 6) is 0. The molecule has 1 aliphatic carbocycles. The van der Waals surface area contributed by atoms with E-state index in [9.17, 15) is 0 Å². The van der Waals surface area contributed by atoms with Gasteiger partial charge in [0.1, 0.15) is 0 Å². The maximum atomic E-state index is 4.80. The first-order valence-electron chi connectivity index (χ1n) is 9.54. The highest BCUT2D eigenvalue weighted by molar-refractivity contribution is 5.53. The predicted octanol–water partition coefficient (Wildman–Crippen LogP) is 4.33. The van der Waals surface area contributed by atoms with Gasteiger partial charge in [-0.2, -0.15) is 0 Å². The zero-order valence-corrected chi connectivity index (χ0v) is 15.4. The lowest BCUT2D eigenvalue weighted by molar-refractivity contribution is 0.132. The second kappa shape index (κ2) is 6.64. The van der Waals surface area contributed by atoms with E-state index in [0.29, 0.717) is 0 Å².